The third kappa shape index (κ3) is 4.20. The second-order valence-electron chi connectivity index (χ2n) is 6.37. The lowest BCUT2D eigenvalue weighted by Crippen LogP contribution is -2.47. The fourth-order valence-electron chi connectivity index (χ4n) is 2.66. The summed E-state index contributed by atoms with van der Waals surface area (Å²) in [6, 6.07) is 14.4. The van der Waals surface area contributed by atoms with Gasteiger partial charge in [-0.15, -0.1) is 0 Å². The first-order valence-electron chi connectivity index (χ1n) is 8.89. The molecule has 1 heterocycles. The Labute approximate surface area is 163 Å². The van der Waals surface area contributed by atoms with Crippen molar-refractivity contribution < 1.29 is 14.3 Å². The second-order valence-corrected chi connectivity index (χ2v) is 6.37. The van der Waals surface area contributed by atoms with Crippen LogP contribution in [0.5, 0.6) is 5.75 Å². The van der Waals surface area contributed by atoms with Crippen LogP contribution in [-0.4, -0.2) is 27.7 Å². The number of aromatic nitrogens is 2. The molecule has 3 aromatic rings. The minimum Gasteiger partial charge on any atom is -0.481 e. The van der Waals surface area contributed by atoms with Gasteiger partial charge in [0.2, 0.25) is 0 Å². The van der Waals surface area contributed by atoms with E-state index >= 15 is 0 Å². The van der Waals surface area contributed by atoms with Gasteiger partial charge in [-0.25, -0.2) is 4.68 Å². The lowest BCUT2D eigenvalue weighted by atomic mass is 10.1. The Morgan fingerprint density at radius 1 is 1.04 bits per heavy atom. The number of aryl methyl sites for hydroxylation is 1. The van der Waals surface area contributed by atoms with Crippen LogP contribution in [0.1, 0.15) is 28.4 Å². The SMILES string of the molecule is Cc1cccc(OC(C)C(=O)NNC(=O)c2ccccc2-n2cccn2)c1C. The van der Waals surface area contributed by atoms with Crippen molar-refractivity contribution in [3.05, 3.63) is 77.6 Å². The van der Waals surface area contributed by atoms with Crippen LogP contribution in [0.3, 0.4) is 0 Å². The largest absolute Gasteiger partial charge is 0.481 e. The minimum absolute atomic E-state index is 0.384. The van der Waals surface area contributed by atoms with Gasteiger partial charge in [0.05, 0.1) is 11.3 Å². The summed E-state index contributed by atoms with van der Waals surface area (Å²) in [5, 5.41) is 4.14. The number of benzene rings is 2. The minimum atomic E-state index is -0.776. The maximum absolute atomic E-state index is 12.5. The maximum atomic E-state index is 12.5. The number of rotatable bonds is 5. The number of hydrazine groups is 1. The van der Waals surface area contributed by atoms with Crippen molar-refractivity contribution >= 4 is 11.8 Å². The molecule has 0 bridgehead atoms. The zero-order valence-electron chi connectivity index (χ0n) is 16.0. The van der Waals surface area contributed by atoms with E-state index in [9.17, 15) is 9.59 Å². The molecule has 144 valence electrons. The highest BCUT2D eigenvalue weighted by Crippen LogP contribution is 2.21. The first-order valence-corrected chi connectivity index (χ1v) is 8.89. The van der Waals surface area contributed by atoms with E-state index < -0.39 is 17.9 Å². The number of hydrogen-bond acceptors (Lipinski definition) is 4. The molecule has 0 aliphatic heterocycles. The Bertz CT molecular complexity index is 983. The molecule has 7 nitrogen and oxygen atoms in total. The van der Waals surface area contributed by atoms with Gasteiger partial charge in [-0.3, -0.25) is 20.4 Å². The molecular weight excluding hydrogens is 356 g/mol. The lowest BCUT2D eigenvalue weighted by molar-refractivity contribution is -0.128. The molecular formula is C21H22N4O3. The summed E-state index contributed by atoms with van der Waals surface area (Å²) in [6.45, 7) is 5.54. The summed E-state index contributed by atoms with van der Waals surface area (Å²) in [5.41, 5.74) is 7.89. The number of nitrogens with zero attached hydrogens (tertiary/aromatic N) is 2. The highest BCUT2D eigenvalue weighted by molar-refractivity contribution is 5.98. The van der Waals surface area contributed by atoms with Crippen LogP contribution in [0.15, 0.2) is 60.9 Å². The Morgan fingerprint density at radius 3 is 2.57 bits per heavy atom. The number of ether oxygens (including phenoxy) is 1. The molecule has 3 rings (SSSR count). The van der Waals surface area contributed by atoms with Gasteiger partial charge in [-0.2, -0.15) is 5.10 Å². The summed E-state index contributed by atoms with van der Waals surface area (Å²) in [5.74, 6) is -0.262. The molecule has 1 unspecified atom stereocenters. The van der Waals surface area contributed by atoms with Gasteiger partial charge in [0, 0.05) is 12.4 Å². The number of para-hydroxylation sites is 1. The summed E-state index contributed by atoms with van der Waals surface area (Å²) in [7, 11) is 0. The Balaban J connectivity index is 1.63. The summed E-state index contributed by atoms with van der Waals surface area (Å²) >= 11 is 0. The molecule has 2 amide bonds. The van der Waals surface area contributed by atoms with E-state index in [0.717, 1.165) is 11.1 Å². The number of carbonyl (C=O) groups is 2. The van der Waals surface area contributed by atoms with E-state index in [-0.39, 0.29) is 0 Å². The van der Waals surface area contributed by atoms with Crippen molar-refractivity contribution in [3.63, 3.8) is 0 Å². The molecule has 2 aromatic carbocycles. The quantitative estimate of drug-likeness (QED) is 0.669. The van der Waals surface area contributed by atoms with Gasteiger partial charge in [-0.1, -0.05) is 24.3 Å². The van der Waals surface area contributed by atoms with Crippen LogP contribution in [0.25, 0.3) is 5.69 Å². The van der Waals surface area contributed by atoms with E-state index in [1.54, 1.807) is 48.3 Å². The first kappa shape index (κ1) is 19.2. The predicted octanol–water partition coefficient (Wildman–Crippen LogP) is 2.72. The summed E-state index contributed by atoms with van der Waals surface area (Å²) in [6.07, 6.45) is 2.59. The fraction of sp³-hybridized carbons (Fsp3) is 0.190. The fourth-order valence-corrected chi connectivity index (χ4v) is 2.66. The van der Waals surface area contributed by atoms with Gasteiger partial charge >= 0.3 is 0 Å². The van der Waals surface area contributed by atoms with E-state index in [0.29, 0.717) is 17.0 Å². The monoisotopic (exact) mass is 378 g/mol. The normalized spacial score (nSPS) is 11.5. The van der Waals surface area contributed by atoms with Crippen molar-refractivity contribution in [1.29, 1.82) is 0 Å². The molecule has 0 aliphatic rings. The molecule has 0 radical (unpaired) electrons. The van der Waals surface area contributed by atoms with Crippen molar-refractivity contribution in [2.45, 2.75) is 26.9 Å². The molecule has 0 saturated heterocycles. The molecule has 28 heavy (non-hydrogen) atoms. The molecule has 1 atom stereocenters. The Kier molecular flexibility index (Phi) is 5.74. The highest BCUT2D eigenvalue weighted by atomic mass is 16.5. The van der Waals surface area contributed by atoms with Crippen molar-refractivity contribution in [1.82, 2.24) is 20.6 Å². The second kappa shape index (κ2) is 8.39. The van der Waals surface area contributed by atoms with Gasteiger partial charge in [0.15, 0.2) is 6.10 Å². The van der Waals surface area contributed by atoms with E-state index in [4.69, 9.17) is 4.74 Å². The molecule has 1 aromatic heterocycles. The van der Waals surface area contributed by atoms with Crippen molar-refractivity contribution in [2.75, 3.05) is 0 Å². The zero-order chi connectivity index (χ0) is 20.1. The number of carbonyl (C=O) groups excluding carboxylic acids is 2. The molecule has 7 heteroatoms. The van der Waals surface area contributed by atoms with Crippen LogP contribution in [0, 0.1) is 13.8 Å². The van der Waals surface area contributed by atoms with Crippen LogP contribution < -0.4 is 15.6 Å². The first-order chi connectivity index (χ1) is 13.5. The molecule has 2 N–H and O–H groups in total. The third-order valence-electron chi connectivity index (χ3n) is 4.43. The smallest absolute Gasteiger partial charge is 0.279 e. The van der Waals surface area contributed by atoms with Gasteiger partial charge < -0.3 is 4.74 Å². The highest BCUT2D eigenvalue weighted by Gasteiger charge is 2.18. The van der Waals surface area contributed by atoms with Gasteiger partial charge in [0.25, 0.3) is 11.8 Å². The Hall–Kier alpha value is -3.61. The average Bonchev–Trinajstić information content (AvgIpc) is 3.24. The van der Waals surface area contributed by atoms with E-state index in [2.05, 4.69) is 16.0 Å². The van der Waals surface area contributed by atoms with Gasteiger partial charge in [-0.05, 0) is 56.2 Å². The van der Waals surface area contributed by atoms with Crippen LogP contribution >= 0.6 is 0 Å². The maximum Gasteiger partial charge on any atom is 0.279 e. The number of amides is 2. The van der Waals surface area contributed by atoms with Crippen LogP contribution in [0.4, 0.5) is 0 Å². The molecule has 0 saturated carbocycles. The summed E-state index contributed by atoms with van der Waals surface area (Å²) in [4.78, 5) is 24.9. The zero-order valence-corrected chi connectivity index (χ0v) is 16.0. The third-order valence-corrected chi connectivity index (χ3v) is 4.43. The number of nitrogens with one attached hydrogen (secondary N) is 2. The number of hydrogen-bond donors (Lipinski definition) is 2. The Morgan fingerprint density at radius 2 is 1.82 bits per heavy atom. The van der Waals surface area contributed by atoms with E-state index in [1.807, 2.05) is 38.1 Å². The molecule has 0 fully saturated rings. The van der Waals surface area contributed by atoms with Crippen LogP contribution in [0.2, 0.25) is 0 Å². The van der Waals surface area contributed by atoms with E-state index in [1.165, 1.54) is 0 Å². The molecule has 0 aliphatic carbocycles. The van der Waals surface area contributed by atoms with Gasteiger partial charge in [0.1, 0.15) is 5.75 Å². The topological polar surface area (TPSA) is 85.3 Å². The van der Waals surface area contributed by atoms with Crippen molar-refractivity contribution in [2.24, 2.45) is 0 Å². The van der Waals surface area contributed by atoms with Crippen LogP contribution in [-0.2, 0) is 4.79 Å². The lowest BCUT2D eigenvalue weighted by Gasteiger charge is -2.17. The molecule has 0 spiro atoms. The standard InChI is InChI=1S/C21H22N4O3/c1-14-8-6-11-19(15(14)2)28-16(3)20(26)23-24-21(27)17-9-4-5-10-18(17)25-13-7-12-22-25/h4-13,16H,1-3H3,(H,23,26)(H,24,27). The predicted molar refractivity (Wildman–Crippen MR) is 105 cm³/mol. The average molecular weight is 378 g/mol. The van der Waals surface area contributed by atoms with Crippen molar-refractivity contribution in [3.8, 4) is 11.4 Å². The summed E-state index contributed by atoms with van der Waals surface area (Å²) < 4.78 is 7.32.